The second-order valence-electron chi connectivity index (χ2n) is 6.90. The fourth-order valence-electron chi connectivity index (χ4n) is 2.63. The van der Waals surface area contributed by atoms with Crippen LogP contribution in [0.2, 0.25) is 0 Å². The van der Waals surface area contributed by atoms with E-state index in [-0.39, 0.29) is 5.41 Å². The Hall–Kier alpha value is -2.67. The summed E-state index contributed by atoms with van der Waals surface area (Å²) in [7, 11) is 0. The van der Waals surface area contributed by atoms with Crippen LogP contribution in [0.3, 0.4) is 0 Å². The number of nitrogens with one attached hydrogen (secondary N) is 2. The average molecular weight is 383 g/mol. The van der Waals surface area contributed by atoms with E-state index < -0.39 is 0 Å². The normalized spacial score (nSPS) is 12.2. The maximum atomic E-state index is 4.70. The molecule has 27 heavy (non-hydrogen) atoms. The zero-order chi connectivity index (χ0) is 19.1. The van der Waals surface area contributed by atoms with E-state index >= 15 is 0 Å². The second kappa shape index (κ2) is 8.81. The first-order chi connectivity index (χ1) is 13.1. The highest BCUT2D eigenvalue weighted by Crippen LogP contribution is 2.26. The first-order valence-corrected chi connectivity index (χ1v) is 9.96. The van der Waals surface area contributed by atoms with Crippen molar-refractivity contribution in [3.63, 3.8) is 0 Å². The summed E-state index contributed by atoms with van der Waals surface area (Å²) in [5.74, 6) is 1.67. The third-order valence-electron chi connectivity index (χ3n) is 4.23. The first-order valence-electron chi connectivity index (χ1n) is 9.08. The summed E-state index contributed by atoms with van der Waals surface area (Å²) in [4.78, 5) is 14.6. The van der Waals surface area contributed by atoms with Crippen LogP contribution < -0.4 is 10.6 Å². The minimum atomic E-state index is 0.0539. The summed E-state index contributed by atoms with van der Waals surface area (Å²) >= 11 is 1.79. The van der Waals surface area contributed by atoms with Gasteiger partial charge in [0, 0.05) is 42.0 Å². The molecule has 2 N–H and O–H groups in total. The van der Waals surface area contributed by atoms with Gasteiger partial charge in [-0.3, -0.25) is 4.57 Å². The average Bonchev–Trinajstić information content (AvgIpc) is 3.39. The molecular weight excluding hydrogens is 356 g/mol. The molecule has 0 saturated heterocycles. The van der Waals surface area contributed by atoms with E-state index in [1.807, 2.05) is 29.1 Å². The number of thiophene rings is 1. The molecule has 0 amide bonds. The van der Waals surface area contributed by atoms with Crippen molar-refractivity contribution < 1.29 is 0 Å². The van der Waals surface area contributed by atoms with Crippen LogP contribution in [0.1, 0.15) is 31.2 Å². The van der Waals surface area contributed by atoms with Crippen LogP contribution in [-0.2, 0) is 12.0 Å². The van der Waals surface area contributed by atoms with Crippen molar-refractivity contribution in [3.05, 3.63) is 65.0 Å². The predicted molar refractivity (Wildman–Crippen MR) is 112 cm³/mol. The van der Waals surface area contributed by atoms with E-state index in [2.05, 4.69) is 58.9 Å². The van der Waals surface area contributed by atoms with Gasteiger partial charge in [0.2, 0.25) is 0 Å². The molecule has 3 aromatic rings. The fraction of sp³-hybridized carbons (Fsp3) is 0.350. The SMILES string of the molecule is CCNC(=NCc1ccc(-n2ccnc2)nc1)NCC(C)(C)c1cccs1. The molecule has 142 valence electrons. The lowest BCUT2D eigenvalue weighted by atomic mass is 9.91. The van der Waals surface area contributed by atoms with Crippen LogP contribution in [0.25, 0.3) is 5.82 Å². The minimum Gasteiger partial charge on any atom is -0.357 e. The number of imidazole rings is 1. The molecule has 3 rings (SSSR count). The lowest BCUT2D eigenvalue weighted by molar-refractivity contribution is 0.518. The van der Waals surface area contributed by atoms with E-state index in [4.69, 9.17) is 4.99 Å². The van der Waals surface area contributed by atoms with Crippen molar-refractivity contribution in [1.82, 2.24) is 25.2 Å². The number of aliphatic imine (C=N–C) groups is 1. The Kier molecular flexibility index (Phi) is 6.24. The van der Waals surface area contributed by atoms with Gasteiger partial charge in [-0.05, 0) is 30.0 Å². The standard InChI is InChI=1S/C20H26N6S/c1-4-22-19(25-14-20(2,3)17-6-5-11-27-17)24-13-16-7-8-18(23-12-16)26-10-9-21-15-26/h5-12,15H,4,13-14H2,1-3H3,(H2,22,24,25). The molecule has 0 bridgehead atoms. The Bertz CT molecular complexity index is 835. The molecule has 0 unspecified atom stereocenters. The lowest BCUT2D eigenvalue weighted by Gasteiger charge is -2.25. The van der Waals surface area contributed by atoms with Gasteiger partial charge < -0.3 is 10.6 Å². The Morgan fingerprint density at radius 3 is 2.78 bits per heavy atom. The van der Waals surface area contributed by atoms with Crippen molar-refractivity contribution in [2.24, 2.45) is 4.99 Å². The van der Waals surface area contributed by atoms with Gasteiger partial charge in [-0.25, -0.2) is 15.0 Å². The van der Waals surface area contributed by atoms with E-state index in [1.165, 1.54) is 4.88 Å². The third kappa shape index (κ3) is 5.17. The molecule has 0 radical (unpaired) electrons. The van der Waals surface area contributed by atoms with Gasteiger partial charge >= 0.3 is 0 Å². The quantitative estimate of drug-likeness (QED) is 0.486. The Balaban J connectivity index is 1.61. The van der Waals surface area contributed by atoms with Gasteiger partial charge in [-0.1, -0.05) is 26.0 Å². The number of rotatable bonds is 7. The summed E-state index contributed by atoms with van der Waals surface area (Å²) in [5.41, 5.74) is 1.12. The molecule has 0 fully saturated rings. The molecule has 0 aliphatic heterocycles. The highest BCUT2D eigenvalue weighted by molar-refractivity contribution is 7.10. The lowest BCUT2D eigenvalue weighted by Crippen LogP contribution is -2.43. The third-order valence-corrected chi connectivity index (χ3v) is 5.46. The minimum absolute atomic E-state index is 0.0539. The zero-order valence-electron chi connectivity index (χ0n) is 16.0. The highest BCUT2D eigenvalue weighted by atomic mass is 32.1. The molecule has 3 aromatic heterocycles. The van der Waals surface area contributed by atoms with Gasteiger partial charge in [0.15, 0.2) is 5.96 Å². The van der Waals surface area contributed by atoms with E-state index in [0.717, 1.165) is 30.4 Å². The topological polar surface area (TPSA) is 67.1 Å². The molecule has 0 atom stereocenters. The Morgan fingerprint density at radius 1 is 1.26 bits per heavy atom. The maximum absolute atomic E-state index is 4.70. The van der Waals surface area contributed by atoms with Gasteiger partial charge in [-0.2, -0.15) is 0 Å². The fourth-order valence-corrected chi connectivity index (χ4v) is 3.48. The van der Waals surface area contributed by atoms with E-state index in [9.17, 15) is 0 Å². The first kappa shape index (κ1) is 19.1. The van der Waals surface area contributed by atoms with Gasteiger partial charge in [0.05, 0.1) is 6.54 Å². The van der Waals surface area contributed by atoms with Crippen LogP contribution in [0.5, 0.6) is 0 Å². The van der Waals surface area contributed by atoms with Gasteiger partial charge in [0.25, 0.3) is 0 Å². The summed E-state index contributed by atoms with van der Waals surface area (Å²) < 4.78 is 1.88. The smallest absolute Gasteiger partial charge is 0.191 e. The summed E-state index contributed by atoms with van der Waals surface area (Å²) in [6, 6.07) is 8.31. The van der Waals surface area contributed by atoms with Crippen molar-refractivity contribution in [2.75, 3.05) is 13.1 Å². The molecule has 0 spiro atoms. The molecule has 0 aromatic carbocycles. The van der Waals surface area contributed by atoms with Gasteiger partial charge in [-0.15, -0.1) is 11.3 Å². The maximum Gasteiger partial charge on any atom is 0.191 e. The monoisotopic (exact) mass is 382 g/mol. The van der Waals surface area contributed by atoms with Crippen molar-refractivity contribution in [1.29, 1.82) is 0 Å². The van der Waals surface area contributed by atoms with E-state index in [1.54, 1.807) is 23.9 Å². The van der Waals surface area contributed by atoms with E-state index in [0.29, 0.717) is 6.54 Å². The molecule has 0 aliphatic rings. The van der Waals surface area contributed by atoms with Crippen molar-refractivity contribution in [3.8, 4) is 5.82 Å². The van der Waals surface area contributed by atoms with Gasteiger partial charge in [0.1, 0.15) is 12.1 Å². The highest BCUT2D eigenvalue weighted by Gasteiger charge is 2.21. The molecule has 3 heterocycles. The largest absolute Gasteiger partial charge is 0.357 e. The second-order valence-corrected chi connectivity index (χ2v) is 7.85. The van der Waals surface area contributed by atoms with Crippen LogP contribution in [0.15, 0.2) is 59.6 Å². The van der Waals surface area contributed by atoms with Crippen LogP contribution in [-0.4, -0.2) is 33.6 Å². The van der Waals surface area contributed by atoms with Crippen LogP contribution in [0.4, 0.5) is 0 Å². The molecule has 0 aliphatic carbocycles. The van der Waals surface area contributed by atoms with Crippen molar-refractivity contribution in [2.45, 2.75) is 32.7 Å². The number of guanidine groups is 1. The Labute approximate surface area is 164 Å². The van der Waals surface area contributed by atoms with Crippen molar-refractivity contribution >= 4 is 17.3 Å². The Morgan fingerprint density at radius 2 is 2.15 bits per heavy atom. The molecule has 7 heteroatoms. The number of nitrogens with zero attached hydrogens (tertiary/aromatic N) is 4. The molecule has 6 nitrogen and oxygen atoms in total. The molecule has 0 saturated carbocycles. The van der Waals surface area contributed by atoms with Crippen LogP contribution >= 0.6 is 11.3 Å². The summed E-state index contributed by atoms with van der Waals surface area (Å²) in [5, 5.41) is 8.90. The number of pyridine rings is 1. The number of hydrogen-bond acceptors (Lipinski definition) is 4. The number of hydrogen-bond donors (Lipinski definition) is 2. The summed E-state index contributed by atoms with van der Waals surface area (Å²) in [6.07, 6.45) is 7.22. The zero-order valence-corrected chi connectivity index (χ0v) is 16.8. The predicted octanol–water partition coefficient (Wildman–Crippen LogP) is 3.36. The van der Waals surface area contributed by atoms with Crippen LogP contribution in [0, 0.1) is 0 Å². The number of aromatic nitrogens is 3. The summed E-state index contributed by atoms with van der Waals surface area (Å²) in [6.45, 7) is 8.78. The molecular formula is C20H26N6S.